The molecule has 1 saturated heterocycles. The lowest BCUT2D eigenvalue weighted by atomic mass is 10.1. The van der Waals surface area contributed by atoms with Crippen LogP contribution >= 0.6 is 0 Å². The standard InChI is InChI=1S/C27H29FN6/c1-32-14-16-33(17-15-32)27-22(6-5-13-30-27)18-29-19-23-20-34(25-7-3-2-4-8-25)31-26(23)21-9-11-24(28)12-10-21/h2-13,20,29H,14-19H2,1H3. The van der Waals surface area contributed by atoms with Gasteiger partial charge in [-0.2, -0.15) is 5.10 Å². The smallest absolute Gasteiger partial charge is 0.133 e. The summed E-state index contributed by atoms with van der Waals surface area (Å²) in [6.45, 7) is 5.40. The lowest BCUT2D eigenvalue weighted by Crippen LogP contribution is -2.45. The van der Waals surface area contributed by atoms with Gasteiger partial charge in [-0.3, -0.25) is 0 Å². The second kappa shape index (κ2) is 10.2. The third-order valence-electron chi connectivity index (χ3n) is 6.23. The van der Waals surface area contributed by atoms with Crippen LogP contribution in [0.25, 0.3) is 16.9 Å². The maximum Gasteiger partial charge on any atom is 0.133 e. The Hall–Kier alpha value is -3.55. The highest BCUT2D eigenvalue weighted by molar-refractivity contribution is 5.63. The molecule has 3 heterocycles. The molecular weight excluding hydrogens is 427 g/mol. The van der Waals surface area contributed by atoms with Gasteiger partial charge < -0.3 is 15.1 Å². The molecule has 0 saturated carbocycles. The number of halogens is 1. The molecule has 1 aliphatic rings. The molecule has 0 radical (unpaired) electrons. The van der Waals surface area contributed by atoms with Gasteiger partial charge in [-0.25, -0.2) is 14.1 Å². The Kier molecular flexibility index (Phi) is 6.65. The van der Waals surface area contributed by atoms with Crippen LogP contribution in [0.1, 0.15) is 11.1 Å². The van der Waals surface area contributed by atoms with Gasteiger partial charge in [0.15, 0.2) is 0 Å². The van der Waals surface area contributed by atoms with E-state index < -0.39 is 0 Å². The van der Waals surface area contributed by atoms with E-state index in [0.717, 1.165) is 54.5 Å². The number of piperazine rings is 1. The van der Waals surface area contributed by atoms with Crippen molar-refractivity contribution in [3.05, 3.63) is 96.1 Å². The van der Waals surface area contributed by atoms with Crippen molar-refractivity contribution in [2.45, 2.75) is 13.1 Å². The van der Waals surface area contributed by atoms with Crippen LogP contribution in [0.4, 0.5) is 10.2 Å². The SMILES string of the molecule is CN1CCN(c2ncccc2CNCc2cn(-c3ccccc3)nc2-c2ccc(F)cc2)CC1. The summed E-state index contributed by atoms with van der Waals surface area (Å²) in [5.41, 5.74) is 4.97. The summed E-state index contributed by atoms with van der Waals surface area (Å²) < 4.78 is 15.4. The maximum absolute atomic E-state index is 13.5. The molecule has 0 bridgehead atoms. The number of hydrogen-bond donors (Lipinski definition) is 1. The van der Waals surface area contributed by atoms with E-state index in [-0.39, 0.29) is 5.82 Å². The Morgan fingerprint density at radius 2 is 1.59 bits per heavy atom. The second-order valence-electron chi connectivity index (χ2n) is 8.67. The summed E-state index contributed by atoms with van der Waals surface area (Å²) in [7, 11) is 2.16. The van der Waals surface area contributed by atoms with Gasteiger partial charge in [0.2, 0.25) is 0 Å². The number of nitrogens with zero attached hydrogens (tertiary/aromatic N) is 5. The third-order valence-corrected chi connectivity index (χ3v) is 6.23. The molecular formula is C27H29FN6. The minimum Gasteiger partial charge on any atom is -0.354 e. The van der Waals surface area contributed by atoms with Gasteiger partial charge >= 0.3 is 0 Å². The Bertz CT molecular complexity index is 1210. The topological polar surface area (TPSA) is 49.2 Å². The van der Waals surface area contributed by atoms with E-state index in [1.807, 2.05) is 53.5 Å². The van der Waals surface area contributed by atoms with Crippen LogP contribution in [0.3, 0.4) is 0 Å². The molecule has 2 aromatic carbocycles. The fraction of sp³-hybridized carbons (Fsp3) is 0.259. The first-order valence-electron chi connectivity index (χ1n) is 11.7. The number of rotatable bonds is 7. The molecule has 1 N–H and O–H groups in total. The highest BCUT2D eigenvalue weighted by Crippen LogP contribution is 2.25. The molecule has 34 heavy (non-hydrogen) atoms. The van der Waals surface area contributed by atoms with Gasteiger partial charge in [-0.05, 0) is 49.5 Å². The molecule has 0 unspecified atom stereocenters. The van der Waals surface area contributed by atoms with Gasteiger partial charge in [-0.15, -0.1) is 0 Å². The van der Waals surface area contributed by atoms with Gasteiger partial charge in [-0.1, -0.05) is 24.3 Å². The van der Waals surface area contributed by atoms with Gasteiger partial charge in [0.1, 0.15) is 11.6 Å². The molecule has 6 nitrogen and oxygen atoms in total. The van der Waals surface area contributed by atoms with Crippen LogP contribution in [0, 0.1) is 5.82 Å². The molecule has 5 rings (SSSR count). The molecule has 0 aliphatic carbocycles. The molecule has 1 fully saturated rings. The highest BCUT2D eigenvalue weighted by atomic mass is 19.1. The largest absolute Gasteiger partial charge is 0.354 e. The minimum absolute atomic E-state index is 0.251. The quantitative estimate of drug-likeness (QED) is 0.454. The Morgan fingerprint density at radius 3 is 2.35 bits per heavy atom. The summed E-state index contributed by atoms with van der Waals surface area (Å²) >= 11 is 0. The Labute approximate surface area is 199 Å². The normalized spacial score (nSPS) is 14.5. The van der Waals surface area contributed by atoms with Crippen molar-refractivity contribution in [2.24, 2.45) is 0 Å². The van der Waals surface area contributed by atoms with Crippen LogP contribution in [0.15, 0.2) is 79.1 Å². The van der Waals surface area contributed by atoms with Crippen molar-refractivity contribution in [1.29, 1.82) is 0 Å². The molecule has 2 aromatic heterocycles. The first-order valence-corrected chi connectivity index (χ1v) is 11.7. The van der Waals surface area contributed by atoms with E-state index in [9.17, 15) is 4.39 Å². The molecule has 1 aliphatic heterocycles. The van der Waals surface area contributed by atoms with Gasteiger partial charge in [0.05, 0.1) is 11.4 Å². The number of likely N-dealkylation sites (N-methyl/N-ethyl adjacent to an activating group) is 1. The van der Waals surface area contributed by atoms with Crippen LogP contribution in [-0.4, -0.2) is 52.9 Å². The predicted molar refractivity (Wildman–Crippen MR) is 133 cm³/mol. The van der Waals surface area contributed by atoms with Crippen LogP contribution in [-0.2, 0) is 13.1 Å². The number of aromatic nitrogens is 3. The summed E-state index contributed by atoms with van der Waals surface area (Å²) in [5.74, 6) is 0.806. The highest BCUT2D eigenvalue weighted by Gasteiger charge is 2.18. The van der Waals surface area contributed by atoms with Crippen LogP contribution < -0.4 is 10.2 Å². The number of anilines is 1. The fourth-order valence-corrected chi connectivity index (χ4v) is 4.31. The van der Waals surface area contributed by atoms with Crippen molar-refractivity contribution >= 4 is 5.82 Å². The average molecular weight is 457 g/mol. The molecule has 0 spiro atoms. The van der Waals surface area contributed by atoms with Crippen molar-refractivity contribution < 1.29 is 4.39 Å². The zero-order chi connectivity index (χ0) is 23.3. The molecule has 174 valence electrons. The van der Waals surface area contributed by atoms with E-state index in [1.165, 1.54) is 17.7 Å². The molecule has 0 amide bonds. The fourth-order valence-electron chi connectivity index (χ4n) is 4.31. The Morgan fingerprint density at radius 1 is 0.853 bits per heavy atom. The molecule has 0 atom stereocenters. The average Bonchev–Trinajstić information content (AvgIpc) is 3.30. The molecule has 7 heteroatoms. The van der Waals surface area contributed by atoms with Gasteiger partial charge in [0.25, 0.3) is 0 Å². The van der Waals surface area contributed by atoms with Crippen molar-refractivity contribution in [3.8, 4) is 16.9 Å². The zero-order valence-electron chi connectivity index (χ0n) is 19.4. The van der Waals surface area contributed by atoms with Crippen molar-refractivity contribution in [2.75, 3.05) is 38.1 Å². The monoisotopic (exact) mass is 456 g/mol. The first kappa shape index (κ1) is 22.3. The predicted octanol–water partition coefficient (Wildman–Crippen LogP) is 4.12. The minimum atomic E-state index is -0.251. The zero-order valence-corrected chi connectivity index (χ0v) is 19.4. The summed E-state index contributed by atoms with van der Waals surface area (Å²) in [6, 6.07) is 20.7. The lowest BCUT2D eigenvalue weighted by molar-refractivity contribution is 0.311. The number of benzene rings is 2. The lowest BCUT2D eigenvalue weighted by Gasteiger charge is -2.34. The summed E-state index contributed by atoms with van der Waals surface area (Å²) in [4.78, 5) is 9.40. The third kappa shape index (κ3) is 5.00. The maximum atomic E-state index is 13.5. The van der Waals surface area contributed by atoms with E-state index in [0.29, 0.717) is 13.1 Å². The van der Waals surface area contributed by atoms with E-state index in [4.69, 9.17) is 5.10 Å². The Balaban J connectivity index is 1.36. The van der Waals surface area contributed by atoms with Crippen molar-refractivity contribution in [1.82, 2.24) is 25.0 Å². The van der Waals surface area contributed by atoms with Gasteiger partial charge in [0, 0.05) is 68.4 Å². The van der Waals surface area contributed by atoms with Crippen LogP contribution in [0.2, 0.25) is 0 Å². The first-order chi connectivity index (χ1) is 16.7. The van der Waals surface area contributed by atoms with E-state index in [2.05, 4.69) is 33.2 Å². The van der Waals surface area contributed by atoms with Crippen molar-refractivity contribution in [3.63, 3.8) is 0 Å². The summed E-state index contributed by atoms with van der Waals surface area (Å²) in [5, 5.41) is 8.42. The number of nitrogens with one attached hydrogen (secondary N) is 1. The molecule has 4 aromatic rings. The number of para-hydroxylation sites is 1. The number of hydrogen-bond acceptors (Lipinski definition) is 5. The summed E-state index contributed by atoms with van der Waals surface area (Å²) in [6.07, 6.45) is 3.92. The van der Waals surface area contributed by atoms with E-state index >= 15 is 0 Å². The van der Waals surface area contributed by atoms with E-state index in [1.54, 1.807) is 12.1 Å². The number of pyridine rings is 1. The van der Waals surface area contributed by atoms with Crippen LogP contribution in [0.5, 0.6) is 0 Å². The second-order valence-corrected chi connectivity index (χ2v) is 8.67.